The molecular formula is C20H19N5O. The molecule has 130 valence electrons. The van der Waals surface area contributed by atoms with Gasteiger partial charge in [-0.05, 0) is 18.4 Å². The quantitative estimate of drug-likeness (QED) is 0.732. The highest BCUT2D eigenvalue weighted by molar-refractivity contribution is 5.94. The average Bonchev–Trinajstić information content (AvgIpc) is 3.45. The number of carbonyl (C=O) groups is 1. The van der Waals surface area contributed by atoms with E-state index in [4.69, 9.17) is 0 Å². The van der Waals surface area contributed by atoms with Gasteiger partial charge >= 0.3 is 0 Å². The third-order valence-corrected chi connectivity index (χ3v) is 5.17. The number of rotatable bonds is 3. The highest BCUT2D eigenvalue weighted by atomic mass is 16.2. The monoisotopic (exact) mass is 345 g/mol. The van der Waals surface area contributed by atoms with Gasteiger partial charge in [0.1, 0.15) is 11.6 Å². The molecule has 0 unspecified atom stereocenters. The molecule has 1 fully saturated rings. The number of benzene rings is 1. The number of hydrogen-bond acceptors (Lipinski definition) is 4. The Bertz CT molecular complexity index is 930. The van der Waals surface area contributed by atoms with Crippen LogP contribution in [-0.2, 0) is 13.1 Å². The summed E-state index contributed by atoms with van der Waals surface area (Å²) in [5, 5.41) is 0. The highest BCUT2D eigenvalue weighted by Gasteiger charge is 2.33. The fourth-order valence-corrected chi connectivity index (χ4v) is 3.55. The lowest BCUT2D eigenvalue weighted by molar-refractivity contribution is 0.0583. The van der Waals surface area contributed by atoms with Gasteiger partial charge in [0.15, 0.2) is 0 Å². The molecule has 26 heavy (non-hydrogen) atoms. The Morgan fingerprint density at radius 3 is 2.54 bits per heavy atom. The largest absolute Gasteiger partial charge is 0.331 e. The molecule has 6 nitrogen and oxygen atoms in total. The first-order chi connectivity index (χ1) is 12.8. The minimum absolute atomic E-state index is 0.0338. The summed E-state index contributed by atoms with van der Waals surface area (Å²) in [6.45, 7) is 1.18. The van der Waals surface area contributed by atoms with E-state index in [1.165, 1.54) is 0 Å². The van der Waals surface area contributed by atoms with Gasteiger partial charge in [-0.15, -0.1) is 0 Å². The van der Waals surface area contributed by atoms with Crippen molar-refractivity contribution < 1.29 is 4.79 Å². The van der Waals surface area contributed by atoms with E-state index >= 15 is 0 Å². The molecule has 1 aromatic carbocycles. The number of hydrogen-bond donors (Lipinski definition) is 0. The summed E-state index contributed by atoms with van der Waals surface area (Å²) < 4.78 is 2.12. The predicted molar refractivity (Wildman–Crippen MR) is 95.3 cm³/mol. The van der Waals surface area contributed by atoms with E-state index in [-0.39, 0.29) is 11.9 Å². The van der Waals surface area contributed by atoms with E-state index in [9.17, 15) is 4.79 Å². The molecule has 6 heteroatoms. The number of carbonyl (C=O) groups excluding carboxylic acids is 1. The molecule has 0 radical (unpaired) electrons. The minimum Gasteiger partial charge on any atom is -0.331 e. The van der Waals surface area contributed by atoms with Gasteiger partial charge in [0.2, 0.25) is 0 Å². The number of imidazole rings is 1. The molecule has 2 aromatic heterocycles. The van der Waals surface area contributed by atoms with Gasteiger partial charge in [-0.1, -0.05) is 30.3 Å². The fraction of sp³-hybridized carbons (Fsp3) is 0.300. The Morgan fingerprint density at radius 2 is 1.81 bits per heavy atom. The summed E-state index contributed by atoms with van der Waals surface area (Å²) in [6.07, 6.45) is 9.41. The summed E-state index contributed by atoms with van der Waals surface area (Å²) in [5.41, 5.74) is 1.66. The van der Waals surface area contributed by atoms with E-state index in [1.54, 1.807) is 18.6 Å². The van der Waals surface area contributed by atoms with E-state index in [0.717, 1.165) is 30.1 Å². The molecule has 0 bridgehead atoms. The van der Waals surface area contributed by atoms with E-state index < -0.39 is 0 Å². The van der Waals surface area contributed by atoms with Gasteiger partial charge in [0.05, 0.1) is 18.2 Å². The standard InChI is InChI=1S/C20H19N5O/c26-20(16-10-22-19(23-11-16)15-6-7-15)25-13-18-21-8-9-24(18)12-17(25)14-4-2-1-3-5-14/h1-5,8-11,15,17H,6-7,12-13H2/t17-/m0/s1. The molecule has 3 heterocycles. The molecule has 1 atom stereocenters. The van der Waals surface area contributed by atoms with Crippen LogP contribution in [0, 0.1) is 0 Å². The van der Waals surface area contributed by atoms with Crippen molar-refractivity contribution in [2.75, 3.05) is 0 Å². The maximum absolute atomic E-state index is 13.2. The highest BCUT2D eigenvalue weighted by Crippen LogP contribution is 2.37. The number of nitrogens with zero attached hydrogens (tertiary/aromatic N) is 5. The van der Waals surface area contributed by atoms with Crippen LogP contribution in [0.4, 0.5) is 0 Å². The average molecular weight is 345 g/mol. The minimum atomic E-state index is -0.0459. The number of amides is 1. The van der Waals surface area contributed by atoms with E-state index in [2.05, 4.69) is 31.7 Å². The third kappa shape index (κ3) is 2.67. The van der Waals surface area contributed by atoms with Crippen molar-refractivity contribution in [2.24, 2.45) is 0 Å². The van der Waals surface area contributed by atoms with Crippen molar-refractivity contribution in [2.45, 2.75) is 37.9 Å². The van der Waals surface area contributed by atoms with Crippen LogP contribution in [-0.4, -0.2) is 30.3 Å². The molecule has 1 saturated carbocycles. The van der Waals surface area contributed by atoms with Crippen LogP contribution < -0.4 is 0 Å². The molecule has 1 aliphatic heterocycles. The normalized spacial score (nSPS) is 19.2. The second-order valence-electron chi connectivity index (χ2n) is 6.96. The van der Waals surface area contributed by atoms with Crippen LogP contribution in [0.25, 0.3) is 0 Å². The van der Waals surface area contributed by atoms with E-state index in [1.807, 2.05) is 29.3 Å². The lowest BCUT2D eigenvalue weighted by atomic mass is 10.0. The first-order valence-electron chi connectivity index (χ1n) is 8.97. The molecule has 3 aromatic rings. The lowest BCUT2D eigenvalue weighted by Gasteiger charge is -2.36. The summed E-state index contributed by atoms with van der Waals surface area (Å²) in [4.78, 5) is 28.3. The Morgan fingerprint density at radius 1 is 1.04 bits per heavy atom. The Balaban J connectivity index is 1.48. The third-order valence-electron chi connectivity index (χ3n) is 5.17. The molecule has 0 spiro atoms. The van der Waals surface area contributed by atoms with Crippen molar-refractivity contribution in [3.63, 3.8) is 0 Å². The predicted octanol–water partition coefficient (Wildman–Crippen LogP) is 2.95. The van der Waals surface area contributed by atoms with Crippen LogP contribution in [0.15, 0.2) is 55.1 Å². The number of aromatic nitrogens is 4. The van der Waals surface area contributed by atoms with Gasteiger partial charge in [-0.25, -0.2) is 15.0 Å². The Hall–Kier alpha value is -3.02. The van der Waals surface area contributed by atoms with Crippen LogP contribution in [0.5, 0.6) is 0 Å². The summed E-state index contributed by atoms with van der Waals surface area (Å²) in [6, 6.07) is 10.1. The van der Waals surface area contributed by atoms with Crippen molar-refractivity contribution in [1.29, 1.82) is 0 Å². The van der Waals surface area contributed by atoms with Crippen LogP contribution in [0.2, 0.25) is 0 Å². The zero-order valence-electron chi connectivity index (χ0n) is 14.3. The zero-order chi connectivity index (χ0) is 17.5. The van der Waals surface area contributed by atoms with Crippen molar-refractivity contribution in [1.82, 2.24) is 24.4 Å². The lowest BCUT2D eigenvalue weighted by Crippen LogP contribution is -2.41. The van der Waals surface area contributed by atoms with Gasteiger partial charge < -0.3 is 9.47 Å². The Kier molecular flexibility index (Phi) is 3.55. The van der Waals surface area contributed by atoms with Crippen molar-refractivity contribution in [3.8, 4) is 0 Å². The molecule has 5 rings (SSSR count). The van der Waals surface area contributed by atoms with Crippen LogP contribution in [0.1, 0.15) is 52.4 Å². The van der Waals surface area contributed by atoms with Gasteiger partial charge in [-0.2, -0.15) is 0 Å². The van der Waals surface area contributed by atoms with Crippen LogP contribution >= 0.6 is 0 Å². The first-order valence-corrected chi connectivity index (χ1v) is 8.97. The zero-order valence-corrected chi connectivity index (χ0v) is 14.3. The molecule has 0 N–H and O–H groups in total. The second kappa shape index (κ2) is 6.05. The summed E-state index contributed by atoms with van der Waals surface area (Å²) in [7, 11) is 0. The van der Waals surface area contributed by atoms with Crippen molar-refractivity contribution in [3.05, 3.63) is 77.9 Å². The molecule has 0 saturated heterocycles. The van der Waals surface area contributed by atoms with Crippen molar-refractivity contribution >= 4 is 5.91 Å². The van der Waals surface area contributed by atoms with Gasteiger partial charge in [-0.3, -0.25) is 4.79 Å². The SMILES string of the molecule is O=C(c1cnc(C2CC2)nc1)N1Cc2nccn2C[C@H]1c1ccccc1. The summed E-state index contributed by atoms with van der Waals surface area (Å²) >= 11 is 0. The number of fused-ring (bicyclic) bond motifs is 1. The molecule has 1 aliphatic carbocycles. The summed E-state index contributed by atoms with van der Waals surface area (Å²) in [5.74, 6) is 2.20. The maximum atomic E-state index is 13.2. The van der Waals surface area contributed by atoms with Gasteiger partial charge in [0.25, 0.3) is 5.91 Å². The van der Waals surface area contributed by atoms with Crippen LogP contribution in [0.3, 0.4) is 0 Å². The molecule has 2 aliphatic rings. The smallest absolute Gasteiger partial charge is 0.257 e. The van der Waals surface area contributed by atoms with E-state index in [0.29, 0.717) is 24.6 Å². The fourth-order valence-electron chi connectivity index (χ4n) is 3.55. The maximum Gasteiger partial charge on any atom is 0.257 e. The topological polar surface area (TPSA) is 63.9 Å². The molecule has 1 amide bonds. The second-order valence-corrected chi connectivity index (χ2v) is 6.96. The van der Waals surface area contributed by atoms with Gasteiger partial charge in [0, 0.05) is 37.3 Å². The Labute approximate surface area is 151 Å². The first kappa shape index (κ1) is 15.3. The molecular weight excluding hydrogens is 326 g/mol.